The fraction of sp³-hybridized carbons (Fsp3) is 0.0741. The lowest BCUT2D eigenvalue weighted by molar-refractivity contribution is 1.28. The van der Waals surface area contributed by atoms with Gasteiger partial charge >= 0.3 is 0 Å². The topological polar surface area (TPSA) is 3.24 Å². The summed E-state index contributed by atoms with van der Waals surface area (Å²) in [4.78, 5) is 2.31. The van der Waals surface area contributed by atoms with Gasteiger partial charge in [0.15, 0.2) is 0 Å². The summed E-state index contributed by atoms with van der Waals surface area (Å²) in [5, 5.41) is 0. The molecule has 0 unspecified atom stereocenters. The van der Waals surface area contributed by atoms with Gasteiger partial charge in [0.25, 0.3) is 0 Å². The fourth-order valence-electron chi connectivity index (χ4n) is 6.65. The van der Waals surface area contributed by atoms with E-state index in [2.05, 4.69) is 245 Å². The minimum atomic E-state index is 1.10. The van der Waals surface area contributed by atoms with Gasteiger partial charge in [0.05, 0.1) is 0 Å². The molecule has 0 radical (unpaired) electrons. The maximum atomic E-state index is 2.31. The van der Waals surface area contributed by atoms with E-state index in [1.165, 1.54) is 55.7 Å². The largest absolute Gasteiger partial charge is 0.311 e. The number of aryl methyl sites for hydroxylation is 4. The Hall–Kier alpha value is -6.70. The van der Waals surface area contributed by atoms with E-state index >= 15 is 0 Å². The molecule has 7 rings (SSSR count). The zero-order valence-electron chi connectivity index (χ0n) is 32.2. The Bertz CT molecular complexity index is 2170. The summed E-state index contributed by atoms with van der Waals surface area (Å²) in [5.74, 6) is 0. The van der Waals surface area contributed by atoms with E-state index in [-0.39, 0.29) is 0 Å². The van der Waals surface area contributed by atoms with Crippen molar-refractivity contribution >= 4 is 40.4 Å². The van der Waals surface area contributed by atoms with Crippen molar-refractivity contribution in [1.29, 1.82) is 0 Å². The number of para-hydroxylation sites is 1. The Labute approximate surface area is 327 Å². The van der Waals surface area contributed by atoms with Crippen LogP contribution in [0.1, 0.15) is 55.6 Å². The summed E-state index contributed by atoms with van der Waals surface area (Å²) < 4.78 is 0. The predicted octanol–water partition coefficient (Wildman–Crippen LogP) is 14.7. The molecule has 7 aromatic rings. The van der Waals surface area contributed by atoms with Gasteiger partial charge in [-0.2, -0.15) is 0 Å². The number of hydrogen-bond donors (Lipinski definition) is 0. The molecule has 0 atom stereocenters. The third kappa shape index (κ3) is 9.46. The highest BCUT2D eigenvalue weighted by atomic mass is 15.1. The summed E-state index contributed by atoms with van der Waals surface area (Å²) >= 11 is 0. The monoisotopic (exact) mass is 709 g/mol. The zero-order valence-corrected chi connectivity index (χ0v) is 32.2. The molecule has 1 nitrogen and oxygen atoms in total. The minimum absolute atomic E-state index is 1.10. The van der Waals surface area contributed by atoms with Gasteiger partial charge < -0.3 is 4.90 Å². The smallest absolute Gasteiger partial charge is 0.0462 e. The van der Waals surface area contributed by atoms with Gasteiger partial charge in [-0.1, -0.05) is 198 Å². The third-order valence-electron chi connectivity index (χ3n) is 9.87. The second kappa shape index (κ2) is 17.4. The number of allylic oxidation sites excluding steroid dienone is 4. The average Bonchev–Trinajstić information content (AvgIpc) is 3.22. The molecular weight excluding hydrogens is 663 g/mol. The summed E-state index contributed by atoms with van der Waals surface area (Å²) in [5.41, 5.74) is 17.9. The van der Waals surface area contributed by atoms with E-state index in [4.69, 9.17) is 0 Å². The average molecular weight is 710 g/mol. The van der Waals surface area contributed by atoms with Crippen molar-refractivity contribution in [3.05, 3.63) is 256 Å². The Kier molecular flexibility index (Phi) is 11.6. The molecule has 0 saturated carbocycles. The van der Waals surface area contributed by atoms with Crippen molar-refractivity contribution in [1.82, 2.24) is 0 Å². The van der Waals surface area contributed by atoms with Gasteiger partial charge in [-0.25, -0.2) is 0 Å². The van der Waals surface area contributed by atoms with Crippen molar-refractivity contribution in [3.8, 4) is 0 Å². The Morgan fingerprint density at radius 2 is 0.618 bits per heavy atom. The van der Waals surface area contributed by atoms with Crippen molar-refractivity contribution < 1.29 is 0 Å². The molecule has 0 aliphatic carbocycles. The summed E-state index contributed by atoms with van der Waals surface area (Å²) in [6.07, 6.45) is 13.1. The zero-order chi connectivity index (χ0) is 38.0. The molecule has 55 heavy (non-hydrogen) atoms. The van der Waals surface area contributed by atoms with Crippen molar-refractivity contribution in [3.63, 3.8) is 0 Å². The van der Waals surface area contributed by atoms with Crippen LogP contribution in [-0.4, -0.2) is 0 Å². The number of benzene rings is 7. The van der Waals surface area contributed by atoms with Crippen LogP contribution in [-0.2, 0) is 0 Å². The molecule has 0 aliphatic heterocycles. The van der Waals surface area contributed by atoms with Crippen LogP contribution in [0.4, 0.5) is 17.1 Å². The van der Waals surface area contributed by atoms with E-state index in [1.54, 1.807) is 0 Å². The van der Waals surface area contributed by atoms with Crippen LogP contribution in [0.2, 0.25) is 0 Å². The van der Waals surface area contributed by atoms with E-state index in [9.17, 15) is 0 Å². The molecule has 0 aromatic heterocycles. The Balaban J connectivity index is 1.13. The maximum absolute atomic E-state index is 2.31. The number of hydrogen-bond acceptors (Lipinski definition) is 1. The van der Waals surface area contributed by atoms with Gasteiger partial charge in [0.2, 0.25) is 0 Å². The van der Waals surface area contributed by atoms with Gasteiger partial charge in [-0.05, 0) is 109 Å². The van der Waals surface area contributed by atoms with Crippen LogP contribution in [0.3, 0.4) is 0 Å². The molecule has 7 aromatic carbocycles. The first kappa shape index (κ1) is 36.6. The molecule has 0 fully saturated rings. The molecule has 0 amide bonds. The first-order chi connectivity index (χ1) is 26.9. The van der Waals surface area contributed by atoms with Crippen molar-refractivity contribution in [2.45, 2.75) is 27.7 Å². The quantitative estimate of drug-likeness (QED) is 0.121. The van der Waals surface area contributed by atoms with Crippen molar-refractivity contribution in [2.24, 2.45) is 0 Å². The third-order valence-corrected chi connectivity index (χ3v) is 9.87. The molecule has 0 bridgehead atoms. The molecule has 0 heterocycles. The second-order valence-corrected chi connectivity index (χ2v) is 14.2. The van der Waals surface area contributed by atoms with Gasteiger partial charge in [-0.3, -0.25) is 0 Å². The van der Waals surface area contributed by atoms with Gasteiger partial charge in [0.1, 0.15) is 0 Å². The molecule has 268 valence electrons. The summed E-state index contributed by atoms with van der Waals surface area (Å²) in [6, 6.07) is 63.2. The van der Waals surface area contributed by atoms with E-state index in [0.29, 0.717) is 0 Å². The van der Waals surface area contributed by atoms with Crippen LogP contribution >= 0.6 is 0 Å². The first-order valence-corrected chi connectivity index (χ1v) is 19.0. The van der Waals surface area contributed by atoms with Crippen LogP contribution in [0.25, 0.3) is 23.3 Å². The highest BCUT2D eigenvalue weighted by molar-refractivity contribution is 5.83. The lowest BCUT2D eigenvalue weighted by atomic mass is 9.96. The molecule has 0 saturated heterocycles. The molecular formula is C54H47N. The van der Waals surface area contributed by atoms with Gasteiger partial charge in [-0.15, -0.1) is 0 Å². The number of rotatable bonds is 11. The minimum Gasteiger partial charge on any atom is -0.311 e. The van der Waals surface area contributed by atoms with E-state index < -0.39 is 0 Å². The molecule has 0 N–H and O–H groups in total. The van der Waals surface area contributed by atoms with E-state index in [1.807, 2.05) is 0 Å². The van der Waals surface area contributed by atoms with Gasteiger partial charge in [0, 0.05) is 17.1 Å². The van der Waals surface area contributed by atoms with Crippen LogP contribution < -0.4 is 4.90 Å². The highest BCUT2D eigenvalue weighted by Crippen LogP contribution is 2.35. The highest BCUT2D eigenvalue weighted by Gasteiger charge is 2.12. The fourth-order valence-corrected chi connectivity index (χ4v) is 6.65. The van der Waals surface area contributed by atoms with Crippen LogP contribution in [0, 0.1) is 27.7 Å². The molecule has 0 aliphatic rings. The van der Waals surface area contributed by atoms with Crippen LogP contribution in [0.15, 0.2) is 200 Å². The van der Waals surface area contributed by atoms with Crippen molar-refractivity contribution in [2.75, 3.05) is 4.90 Å². The lowest BCUT2D eigenvalue weighted by Gasteiger charge is -2.25. The maximum Gasteiger partial charge on any atom is 0.0462 e. The molecule has 0 spiro atoms. The normalized spacial score (nSPS) is 11.1. The summed E-state index contributed by atoms with van der Waals surface area (Å²) in [7, 11) is 0. The Morgan fingerprint density at radius 3 is 0.927 bits per heavy atom. The molecule has 1 heteroatoms. The first-order valence-electron chi connectivity index (χ1n) is 19.0. The number of nitrogens with zero attached hydrogens (tertiary/aromatic N) is 1. The standard InChI is InChI=1S/C54H47N/c1-40-16-28-46(29-17-40)53(47-30-18-41(2)19-31-47)14-8-10-44-24-36-51(37-25-44)55(50-12-6-5-7-13-50)52-38-26-45(27-39-52)11-9-15-54(48-32-20-42(3)21-33-48)49-34-22-43(4)23-35-49/h5-39H,1-4H3. The van der Waals surface area contributed by atoms with E-state index in [0.717, 1.165) is 28.2 Å². The lowest BCUT2D eigenvalue weighted by Crippen LogP contribution is -2.09. The van der Waals surface area contributed by atoms with Crippen LogP contribution in [0.5, 0.6) is 0 Å². The second-order valence-electron chi connectivity index (χ2n) is 14.2. The predicted molar refractivity (Wildman–Crippen MR) is 238 cm³/mol. The Morgan fingerprint density at radius 1 is 0.327 bits per heavy atom. The SMILES string of the molecule is Cc1ccc(C(=CC=Cc2ccc(N(c3ccccc3)c3ccc(C=CC=C(c4ccc(C)cc4)c4ccc(C)cc4)cc3)cc2)c2ccc(C)cc2)cc1. The number of anilines is 3. The summed E-state index contributed by atoms with van der Waals surface area (Å²) in [6.45, 7) is 8.51.